The van der Waals surface area contributed by atoms with E-state index in [-0.39, 0.29) is 19.0 Å². The summed E-state index contributed by atoms with van der Waals surface area (Å²) in [5.41, 5.74) is 0. The molecule has 0 amide bonds. The first kappa shape index (κ1) is 14.9. The molecule has 1 unspecified atom stereocenters. The minimum atomic E-state index is -0.981. The Hall–Kier alpha value is -1.50. The lowest BCUT2D eigenvalue weighted by atomic mass is 10.3. The Balaban J connectivity index is 1.69. The summed E-state index contributed by atoms with van der Waals surface area (Å²) < 4.78 is 36.1. The van der Waals surface area contributed by atoms with E-state index in [2.05, 4.69) is 0 Å². The van der Waals surface area contributed by atoms with E-state index in [1.165, 1.54) is 6.07 Å². The van der Waals surface area contributed by atoms with Crippen LogP contribution >= 0.6 is 11.3 Å². The zero-order valence-corrected chi connectivity index (χ0v) is 11.4. The lowest BCUT2D eigenvalue weighted by Gasteiger charge is -2.12. The van der Waals surface area contributed by atoms with Crippen molar-refractivity contribution in [3.8, 4) is 5.75 Å². The molecule has 0 aliphatic carbocycles. The van der Waals surface area contributed by atoms with Gasteiger partial charge in [0.05, 0.1) is 13.2 Å². The third-order valence-electron chi connectivity index (χ3n) is 2.47. The van der Waals surface area contributed by atoms with Gasteiger partial charge in [0.1, 0.15) is 18.5 Å². The largest absolute Gasteiger partial charge is 0.491 e. The highest BCUT2D eigenvalue weighted by molar-refractivity contribution is 7.09. The molecule has 2 aromatic rings. The van der Waals surface area contributed by atoms with Crippen molar-refractivity contribution in [1.82, 2.24) is 0 Å². The first-order chi connectivity index (χ1) is 9.65. The van der Waals surface area contributed by atoms with Crippen LogP contribution in [0.15, 0.2) is 35.7 Å². The molecule has 1 N–H and O–H groups in total. The fraction of sp³-hybridized carbons (Fsp3) is 0.286. The van der Waals surface area contributed by atoms with Crippen molar-refractivity contribution < 1.29 is 23.4 Å². The molecule has 6 heteroatoms. The van der Waals surface area contributed by atoms with Crippen LogP contribution in [0.1, 0.15) is 4.88 Å². The summed E-state index contributed by atoms with van der Waals surface area (Å²) >= 11 is 1.57. The fourth-order valence-electron chi connectivity index (χ4n) is 1.50. The zero-order valence-electron chi connectivity index (χ0n) is 10.6. The van der Waals surface area contributed by atoms with Gasteiger partial charge in [-0.1, -0.05) is 6.07 Å². The van der Waals surface area contributed by atoms with Crippen molar-refractivity contribution in [2.24, 2.45) is 0 Å². The minimum absolute atomic E-state index is 0.0461. The number of ether oxygens (including phenoxy) is 2. The van der Waals surface area contributed by atoms with E-state index in [1.54, 1.807) is 11.3 Å². The smallest absolute Gasteiger partial charge is 0.162 e. The van der Waals surface area contributed by atoms with E-state index in [4.69, 9.17) is 9.47 Å². The number of aliphatic hydroxyl groups excluding tert-OH is 1. The van der Waals surface area contributed by atoms with Crippen molar-refractivity contribution in [1.29, 1.82) is 0 Å². The standard InChI is InChI=1S/C14H14F2O3S/c15-13-4-3-11(6-14(13)16)19-8-10(17)7-18-9-12-2-1-5-20-12/h1-6,10,17H,7-9H2. The molecule has 0 spiro atoms. The summed E-state index contributed by atoms with van der Waals surface area (Å²) in [6.07, 6.45) is -0.830. The second-order valence-electron chi connectivity index (χ2n) is 4.14. The highest BCUT2D eigenvalue weighted by Crippen LogP contribution is 2.15. The van der Waals surface area contributed by atoms with Gasteiger partial charge < -0.3 is 14.6 Å². The molecular formula is C14H14F2O3S. The Morgan fingerprint density at radius 3 is 2.70 bits per heavy atom. The maximum atomic E-state index is 12.9. The number of thiophene rings is 1. The van der Waals surface area contributed by atoms with E-state index >= 15 is 0 Å². The molecule has 0 fully saturated rings. The summed E-state index contributed by atoms with van der Waals surface area (Å²) in [7, 11) is 0. The quantitative estimate of drug-likeness (QED) is 0.854. The summed E-state index contributed by atoms with van der Waals surface area (Å²) in [6.45, 7) is 0.497. The van der Waals surface area contributed by atoms with Crippen molar-refractivity contribution in [2.75, 3.05) is 13.2 Å². The average Bonchev–Trinajstić information content (AvgIpc) is 2.93. The highest BCUT2D eigenvalue weighted by Gasteiger charge is 2.08. The van der Waals surface area contributed by atoms with Crippen LogP contribution in [0.5, 0.6) is 5.75 Å². The van der Waals surface area contributed by atoms with Gasteiger partial charge in [-0.25, -0.2) is 8.78 Å². The molecule has 0 radical (unpaired) electrons. The second kappa shape index (κ2) is 7.33. The first-order valence-electron chi connectivity index (χ1n) is 6.01. The number of rotatable bonds is 7. The van der Waals surface area contributed by atoms with Gasteiger partial charge >= 0.3 is 0 Å². The topological polar surface area (TPSA) is 38.7 Å². The molecule has 0 saturated heterocycles. The third kappa shape index (κ3) is 4.56. The van der Waals surface area contributed by atoms with Crippen molar-refractivity contribution >= 4 is 11.3 Å². The van der Waals surface area contributed by atoms with Crippen molar-refractivity contribution in [3.63, 3.8) is 0 Å². The van der Waals surface area contributed by atoms with Crippen LogP contribution in [0.2, 0.25) is 0 Å². The predicted octanol–water partition coefficient (Wildman–Crippen LogP) is 2.98. The number of hydrogen-bond acceptors (Lipinski definition) is 4. The Labute approximate surface area is 119 Å². The highest BCUT2D eigenvalue weighted by atomic mass is 32.1. The lowest BCUT2D eigenvalue weighted by Crippen LogP contribution is -2.23. The Morgan fingerprint density at radius 1 is 1.15 bits per heavy atom. The van der Waals surface area contributed by atoms with Gasteiger partial charge in [-0.05, 0) is 23.6 Å². The molecule has 1 aromatic carbocycles. The van der Waals surface area contributed by atoms with Crippen LogP contribution in [0.25, 0.3) is 0 Å². The molecule has 20 heavy (non-hydrogen) atoms. The number of halogens is 2. The molecule has 3 nitrogen and oxygen atoms in total. The van der Waals surface area contributed by atoms with Gasteiger partial charge in [0.25, 0.3) is 0 Å². The monoisotopic (exact) mass is 300 g/mol. The maximum Gasteiger partial charge on any atom is 0.162 e. The summed E-state index contributed by atoms with van der Waals surface area (Å²) in [5, 5.41) is 11.6. The zero-order chi connectivity index (χ0) is 14.4. The Morgan fingerprint density at radius 2 is 2.00 bits per heavy atom. The van der Waals surface area contributed by atoms with Gasteiger partial charge in [0.2, 0.25) is 0 Å². The number of benzene rings is 1. The SMILES string of the molecule is OC(COCc1cccs1)COc1ccc(F)c(F)c1. The van der Waals surface area contributed by atoms with Crippen LogP contribution in [0.3, 0.4) is 0 Å². The van der Waals surface area contributed by atoms with E-state index in [0.717, 1.165) is 17.0 Å². The van der Waals surface area contributed by atoms with E-state index in [0.29, 0.717) is 6.61 Å². The van der Waals surface area contributed by atoms with Crippen molar-refractivity contribution in [3.05, 3.63) is 52.2 Å². The fourth-order valence-corrected chi connectivity index (χ4v) is 2.14. The van der Waals surface area contributed by atoms with Crippen molar-refractivity contribution in [2.45, 2.75) is 12.7 Å². The average molecular weight is 300 g/mol. The molecule has 0 aliphatic heterocycles. The summed E-state index contributed by atoms with van der Waals surface area (Å²) in [6, 6.07) is 7.08. The molecule has 1 atom stereocenters. The molecular weight excluding hydrogens is 286 g/mol. The van der Waals surface area contributed by atoms with Gasteiger partial charge in [-0.15, -0.1) is 11.3 Å². The van der Waals surface area contributed by atoms with Crippen LogP contribution in [-0.2, 0) is 11.3 Å². The molecule has 0 saturated carbocycles. The van der Waals surface area contributed by atoms with E-state index < -0.39 is 17.7 Å². The predicted molar refractivity (Wildman–Crippen MR) is 71.8 cm³/mol. The van der Waals surface area contributed by atoms with Crippen LogP contribution in [0.4, 0.5) is 8.78 Å². The van der Waals surface area contributed by atoms with Gasteiger partial charge in [-0.3, -0.25) is 0 Å². The molecule has 1 heterocycles. The lowest BCUT2D eigenvalue weighted by molar-refractivity contribution is 0.00618. The Bertz CT molecular complexity index is 531. The summed E-state index contributed by atoms with van der Waals surface area (Å²) in [5.74, 6) is -1.75. The van der Waals surface area contributed by atoms with Crippen LogP contribution in [-0.4, -0.2) is 24.4 Å². The second-order valence-corrected chi connectivity index (χ2v) is 5.17. The third-order valence-corrected chi connectivity index (χ3v) is 3.32. The molecule has 1 aromatic heterocycles. The van der Waals surface area contributed by atoms with Gasteiger partial charge in [0.15, 0.2) is 11.6 Å². The van der Waals surface area contributed by atoms with Crippen LogP contribution in [0, 0.1) is 11.6 Å². The molecule has 2 rings (SSSR count). The molecule has 108 valence electrons. The van der Waals surface area contributed by atoms with Crippen LogP contribution < -0.4 is 4.74 Å². The molecule has 0 bridgehead atoms. The normalized spacial score (nSPS) is 12.3. The maximum absolute atomic E-state index is 12.9. The van der Waals surface area contributed by atoms with Gasteiger partial charge in [-0.2, -0.15) is 0 Å². The van der Waals surface area contributed by atoms with E-state index in [9.17, 15) is 13.9 Å². The summed E-state index contributed by atoms with van der Waals surface area (Å²) in [4.78, 5) is 1.07. The van der Waals surface area contributed by atoms with E-state index in [1.807, 2.05) is 17.5 Å². The number of aliphatic hydroxyl groups is 1. The van der Waals surface area contributed by atoms with Gasteiger partial charge in [0, 0.05) is 10.9 Å². The minimum Gasteiger partial charge on any atom is -0.491 e. The molecule has 0 aliphatic rings. The first-order valence-corrected chi connectivity index (χ1v) is 6.89. The number of hydrogen-bond donors (Lipinski definition) is 1. The Kier molecular flexibility index (Phi) is 5.46.